The molecule has 1 N–H and O–H groups in total. The lowest BCUT2D eigenvalue weighted by Gasteiger charge is -2.20. The standard InChI is InChI=1S/C25H23FN2O5/c1-4-21(33-19-11-7-17(26)8-12-19)23(29)22-15(2)20(13-27)24(30)28(25(22)31)14-16-5-9-18(32-3)10-6-16/h5-12,21,31H,4,14H2,1-3H3. The van der Waals surface area contributed by atoms with Gasteiger partial charge in [0.15, 0.2) is 6.10 Å². The molecular formula is C25H23FN2O5. The number of hydrogen-bond donors (Lipinski definition) is 1. The van der Waals surface area contributed by atoms with Crippen molar-refractivity contribution in [1.29, 1.82) is 5.26 Å². The highest BCUT2D eigenvalue weighted by Gasteiger charge is 2.29. The minimum atomic E-state index is -1.02. The van der Waals surface area contributed by atoms with Gasteiger partial charge in [-0.05, 0) is 60.9 Å². The van der Waals surface area contributed by atoms with Crippen molar-refractivity contribution in [3.63, 3.8) is 0 Å². The van der Waals surface area contributed by atoms with Crippen LogP contribution < -0.4 is 15.0 Å². The third-order valence-electron chi connectivity index (χ3n) is 5.30. The van der Waals surface area contributed by atoms with E-state index in [2.05, 4.69) is 0 Å². The molecule has 0 amide bonds. The van der Waals surface area contributed by atoms with Gasteiger partial charge < -0.3 is 14.6 Å². The number of carbonyl (C=O) groups excluding carboxylic acids is 1. The lowest BCUT2D eigenvalue weighted by atomic mass is 9.97. The Balaban J connectivity index is 2.05. The summed E-state index contributed by atoms with van der Waals surface area (Å²) in [7, 11) is 1.53. The number of methoxy groups -OCH3 is 1. The minimum Gasteiger partial charge on any atom is -0.497 e. The van der Waals surface area contributed by atoms with E-state index in [1.165, 1.54) is 38.3 Å². The van der Waals surface area contributed by atoms with E-state index in [9.17, 15) is 24.3 Å². The van der Waals surface area contributed by atoms with Crippen LogP contribution in [0.25, 0.3) is 0 Å². The van der Waals surface area contributed by atoms with E-state index in [4.69, 9.17) is 9.47 Å². The molecule has 0 bridgehead atoms. The van der Waals surface area contributed by atoms with Crippen LogP contribution >= 0.6 is 0 Å². The van der Waals surface area contributed by atoms with Crippen LogP contribution in [0.3, 0.4) is 0 Å². The van der Waals surface area contributed by atoms with Gasteiger partial charge in [-0.1, -0.05) is 19.1 Å². The Kier molecular flexibility index (Phi) is 7.13. The Bertz CT molecular complexity index is 1260. The van der Waals surface area contributed by atoms with Crippen molar-refractivity contribution in [3.05, 3.63) is 87.0 Å². The zero-order chi connectivity index (χ0) is 24.1. The molecule has 1 unspecified atom stereocenters. The van der Waals surface area contributed by atoms with Crippen molar-refractivity contribution in [2.24, 2.45) is 0 Å². The maximum Gasteiger partial charge on any atom is 0.271 e. The van der Waals surface area contributed by atoms with Gasteiger partial charge in [0.25, 0.3) is 5.56 Å². The Hall–Kier alpha value is -4.12. The lowest BCUT2D eigenvalue weighted by Crippen LogP contribution is -2.32. The van der Waals surface area contributed by atoms with Crippen LogP contribution in [0.15, 0.2) is 53.3 Å². The fourth-order valence-corrected chi connectivity index (χ4v) is 3.47. The molecule has 7 nitrogen and oxygen atoms in total. The van der Waals surface area contributed by atoms with Gasteiger partial charge in [-0.2, -0.15) is 5.26 Å². The molecule has 0 saturated carbocycles. The van der Waals surface area contributed by atoms with Gasteiger partial charge in [-0.25, -0.2) is 4.39 Å². The Morgan fingerprint density at radius 3 is 2.30 bits per heavy atom. The molecule has 0 aliphatic heterocycles. The highest BCUT2D eigenvalue weighted by atomic mass is 19.1. The predicted molar refractivity (Wildman–Crippen MR) is 119 cm³/mol. The van der Waals surface area contributed by atoms with E-state index in [-0.39, 0.29) is 35.4 Å². The highest BCUT2D eigenvalue weighted by Crippen LogP contribution is 2.27. The SMILES string of the molecule is CCC(Oc1ccc(F)cc1)C(=O)c1c(C)c(C#N)c(=O)n(Cc2ccc(OC)cc2)c1O. The first-order valence-electron chi connectivity index (χ1n) is 10.3. The van der Waals surface area contributed by atoms with Crippen molar-refractivity contribution in [1.82, 2.24) is 4.57 Å². The van der Waals surface area contributed by atoms with Crippen molar-refractivity contribution < 1.29 is 23.8 Å². The van der Waals surface area contributed by atoms with Crippen LogP contribution in [0.1, 0.15) is 40.4 Å². The molecule has 170 valence electrons. The number of ketones is 1. The molecule has 0 aliphatic carbocycles. The zero-order valence-corrected chi connectivity index (χ0v) is 18.5. The maximum absolute atomic E-state index is 13.4. The predicted octanol–water partition coefficient (Wildman–Crippen LogP) is 3.97. The van der Waals surface area contributed by atoms with Gasteiger partial charge in [-0.3, -0.25) is 14.2 Å². The number of halogens is 1. The van der Waals surface area contributed by atoms with Crippen LogP contribution in [-0.2, 0) is 6.54 Å². The van der Waals surface area contributed by atoms with Gasteiger partial charge in [0, 0.05) is 0 Å². The normalized spacial score (nSPS) is 11.5. The average Bonchev–Trinajstić information content (AvgIpc) is 2.82. The van der Waals surface area contributed by atoms with Crippen molar-refractivity contribution >= 4 is 5.78 Å². The second-order valence-electron chi connectivity index (χ2n) is 7.38. The lowest BCUT2D eigenvalue weighted by molar-refractivity contribution is 0.0781. The fraction of sp³-hybridized carbons (Fsp3) is 0.240. The first-order chi connectivity index (χ1) is 15.8. The smallest absolute Gasteiger partial charge is 0.271 e. The summed E-state index contributed by atoms with van der Waals surface area (Å²) in [5, 5.41) is 20.5. The second kappa shape index (κ2) is 10.0. The molecule has 0 radical (unpaired) electrons. The quantitative estimate of drug-likeness (QED) is 0.521. The number of nitrogens with zero attached hydrogens (tertiary/aromatic N) is 2. The number of carbonyl (C=O) groups is 1. The number of aromatic hydroxyl groups is 1. The van der Waals surface area contributed by atoms with Crippen molar-refractivity contribution in [2.75, 3.05) is 7.11 Å². The fourth-order valence-electron chi connectivity index (χ4n) is 3.47. The molecule has 2 aromatic carbocycles. The van der Waals surface area contributed by atoms with Gasteiger partial charge in [0.2, 0.25) is 11.7 Å². The molecule has 1 aromatic heterocycles. The Morgan fingerprint density at radius 2 is 1.76 bits per heavy atom. The van der Waals surface area contributed by atoms with E-state index in [0.717, 1.165) is 4.57 Å². The second-order valence-corrected chi connectivity index (χ2v) is 7.38. The molecule has 33 heavy (non-hydrogen) atoms. The molecule has 3 rings (SSSR count). The van der Waals surface area contributed by atoms with E-state index < -0.39 is 29.1 Å². The van der Waals surface area contributed by atoms with Gasteiger partial charge in [-0.15, -0.1) is 0 Å². The molecule has 1 atom stereocenters. The number of rotatable bonds is 8. The number of pyridine rings is 1. The third-order valence-corrected chi connectivity index (χ3v) is 5.30. The number of nitriles is 1. The molecule has 0 spiro atoms. The Morgan fingerprint density at radius 1 is 1.15 bits per heavy atom. The summed E-state index contributed by atoms with van der Waals surface area (Å²) < 4.78 is 25.0. The van der Waals surface area contributed by atoms with Crippen LogP contribution in [-0.4, -0.2) is 28.7 Å². The Labute approximate surface area is 190 Å². The molecule has 1 heterocycles. The summed E-state index contributed by atoms with van der Waals surface area (Å²) >= 11 is 0. The number of ether oxygens (including phenoxy) is 2. The summed E-state index contributed by atoms with van der Waals surface area (Å²) in [5.41, 5.74) is -0.353. The molecule has 3 aromatic rings. The van der Waals surface area contributed by atoms with Crippen LogP contribution in [0.2, 0.25) is 0 Å². The van der Waals surface area contributed by atoms with Gasteiger partial charge in [0.05, 0.1) is 19.2 Å². The van der Waals surface area contributed by atoms with E-state index in [1.54, 1.807) is 31.2 Å². The van der Waals surface area contributed by atoms with Crippen LogP contribution in [0.4, 0.5) is 4.39 Å². The molecule has 0 aliphatic rings. The molecule has 8 heteroatoms. The first-order valence-corrected chi connectivity index (χ1v) is 10.3. The van der Waals surface area contributed by atoms with Crippen LogP contribution in [0, 0.1) is 24.1 Å². The summed E-state index contributed by atoms with van der Waals surface area (Å²) in [6.45, 7) is 3.10. The monoisotopic (exact) mass is 450 g/mol. The highest BCUT2D eigenvalue weighted by molar-refractivity contribution is 6.03. The van der Waals surface area contributed by atoms with Crippen molar-refractivity contribution in [2.45, 2.75) is 32.9 Å². The first kappa shape index (κ1) is 23.5. The zero-order valence-electron chi connectivity index (χ0n) is 18.5. The average molecular weight is 450 g/mol. The minimum absolute atomic E-state index is 0.0560. The van der Waals surface area contributed by atoms with Gasteiger partial charge >= 0.3 is 0 Å². The maximum atomic E-state index is 13.4. The van der Waals surface area contributed by atoms with E-state index in [0.29, 0.717) is 11.3 Å². The van der Waals surface area contributed by atoms with Crippen molar-refractivity contribution in [3.8, 4) is 23.4 Å². The number of hydrogen-bond acceptors (Lipinski definition) is 6. The van der Waals surface area contributed by atoms with Crippen LogP contribution in [0.5, 0.6) is 17.4 Å². The number of Topliss-reactive ketones (excluding diaryl/α,β-unsaturated/α-hetero) is 1. The number of aromatic nitrogens is 1. The largest absolute Gasteiger partial charge is 0.497 e. The summed E-state index contributed by atoms with van der Waals surface area (Å²) in [6, 6.07) is 13.9. The van der Waals surface area contributed by atoms with E-state index in [1.807, 2.05) is 6.07 Å². The number of benzene rings is 2. The molecule has 0 saturated heterocycles. The summed E-state index contributed by atoms with van der Waals surface area (Å²) in [5.74, 6) is -0.674. The molecule has 0 fully saturated rings. The van der Waals surface area contributed by atoms with Gasteiger partial charge in [0.1, 0.15) is 28.9 Å². The summed E-state index contributed by atoms with van der Waals surface area (Å²) in [6.07, 6.45) is -0.771. The van der Waals surface area contributed by atoms with E-state index >= 15 is 0 Å². The molecular weight excluding hydrogens is 427 g/mol. The topological polar surface area (TPSA) is 102 Å². The third kappa shape index (κ3) is 4.88. The summed E-state index contributed by atoms with van der Waals surface area (Å²) in [4.78, 5) is 26.2.